The van der Waals surface area contributed by atoms with Crippen molar-refractivity contribution in [3.05, 3.63) is 96.8 Å². The van der Waals surface area contributed by atoms with Crippen LogP contribution in [0.5, 0.6) is 0 Å². The standard InChI is InChI=1S/C23H21N4/c1-18-2-11-25-22(16-18)23-17-19(3-12-26-23)6-13-27-14-7-21(8-15-27)20-4-9-24-10-5-20/h2-5,7-12,14-17H,6,13H2,1H3/q+1. The van der Waals surface area contributed by atoms with Gasteiger partial charge in [-0.3, -0.25) is 15.0 Å². The molecule has 0 fully saturated rings. The molecule has 4 rings (SSSR count). The summed E-state index contributed by atoms with van der Waals surface area (Å²) < 4.78 is 2.20. The van der Waals surface area contributed by atoms with Crippen LogP contribution in [0, 0.1) is 6.92 Å². The summed E-state index contributed by atoms with van der Waals surface area (Å²) in [5, 5.41) is 0. The second-order valence-corrected chi connectivity index (χ2v) is 6.58. The molecule has 0 bridgehead atoms. The van der Waals surface area contributed by atoms with Gasteiger partial charge in [-0.15, -0.1) is 0 Å². The van der Waals surface area contributed by atoms with Gasteiger partial charge in [0.25, 0.3) is 0 Å². The molecule has 0 saturated heterocycles. The maximum atomic E-state index is 4.48. The summed E-state index contributed by atoms with van der Waals surface area (Å²) in [6, 6.07) is 16.6. The Balaban J connectivity index is 1.45. The number of hydrogen-bond acceptors (Lipinski definition) is 3. The molecule has 0 aliphatic rings. The second-order valence-electron chi connectivity index (χ2n) is 6.58. The average Bonchev–Trinajstić information content (AvgIpc) is 2.73. The molecular weight excluding hydrogens is 332 g/mol. The van der Waals surface area contributed by atoms with Gasteiger partial charge in [0.05, 0.1) is 11.4 Å². The van der Waals surface area contributed by atoms with Crippen LogP contribution in [0.2, 0.25) is 0 Å². The Morgan fingerprint density at radius 1 is 0.741 bits per heavy atom. The summed E-state index contributed by atoms with van der Waals surface area (Å²) in [5.74, 6) is 0. The summed E-state index contributed by atoms with van der Waals surface area (Å²) >= 11 is 0. The maximum Gasteiger partial charge on any atom is 0.169 e. The van der Waals surface area contributed by atoms with Crippen molar-refractivity contribution in [2.75, 3.05) is 0 Å². The van der Waals surface area contributed by atoms with E-state index in [1.807, 2.05) is 43.0 Å². The van der Waals surface area contributed by atoms with Crippen molar-refractivity contribution >= 4 is 0 Å². The Morgan fingerprint density at radius 2 is 1.41 bits per heavy atom. The second kappa shape index (κ2) is 7.87. The quantitative estimate of drug-likeness (QED) is 0.509. The molecule has 4 aromatic heterocycles. The molecule has 0 unspecified atom stereocenters. The normalized spacial score (nSPS) is 10.7. The van der Waals surface area contributed by atoms with E-state index in [2.05, 4.69) is 69.2 Å². The number of hydrogen-bond donors (Lipinski definition) is 0. The van der Waals surface area contributed by atoms with Gasteiger partial charge in [0.15, 0.2) is 18.9 Å². The van der Waals surface area contributed by atoms with Crippen LogP contribution in [-0.4, -0.2) is 15.0 Å². The van der Waals surface area contributed by atoms with E-state index in [9.17, 15) is 0 Å². The lowest BCUT2D eigenvalue weighted by atomic mass is 10.1. The van der Waals surface area contributed by atoms with Gasteiger partial charge in [-0.2, -0.15) is 0 Å². The van der Waals surface area contributed by atoms with Crippen molar-refractivity contribution < 1.29 is 4.57 Å². The highest BCUT2D eigenvalue weighted by atomic mass is 14.9. The minimum Gasteiger partial charge on any atom is -0.265 e. The number of pyridine rings is 4. The lowest BCUT2D eigenvalue weighted by Crippen LogP contribution is -2.33. The summed E-state index contributed by atoms with van der Waals surface area (Å²) in [5.41, 5.74) is 6.68. The third kappa shape index (κ3) is 4.23. The molecular formula is C23H21N4+. The number of aryl methyl sites for hydroxylation is 3. The lowest BCUT2D eigenvalue weighted by molar-refractivity contribution is -0.696. The van der Waals surface area contributed by atoms with E-state index < -0.39 is 0 Å². The topological polar surface area (TPSA) is 42.5 Å². The van der Waals surface area contributed by atoms with E-state index in [1.165, 1.54) is 22.3 Å². The van der Waals surface area contributed by atoms with Gasteiger partial charge < -0.3 is 0 Å². The van der Waals surface area contributed by atoms with Crippen LogP contribution in [0.25, 0.3) is 22.5 Å². The molecule has 0 radical (unpaired) electrons. The third-order valence-corrected chi connectivity index (χ3v) is 4.57. The van der Waals surface area contributed by atoms with E-state index in [-0.39, 0.29) is 0 Å². The molecule has 27 heavy (non-hydrogen) atoms. The van der Waals surface area contributed by atoms with Crippen LogP contribution >= 0.6 is 0 Å². The molecule has 0 aromatic carbocycles. The minimum absolute atomic E-state index is 0.918. The smallest absolute Gasteiger partial charge is 0.169 e. The van der Waals surface area contributed by atoms with E-state index >= 15 is 0 Å². The molecule has 4 heterocycles. The van der Waals surface area contributed by atoms with Crippen LogP contribution in [-0.2, 0) is 13.0 Å². The SMILES string of the molecule is Cc1ccnc(-c2cc(CC[n+]3ccc(-c4ccncc4)cc3)ccn2)c1. The summed E-state index contributed by atoms with van der Waals surface area (Å²) in [4.78, 5) is 13.0. The van der Waals surface area contributed by atoms with E-state index in [1.54, 1.807) is 0 Å². The zero-order valence-corrected chi connectivity index (χ0v) is 15.3. The maximum absolute atomic E-state index is 4.48. The van der Waals surface area contributed by atoms with Crippen molar-refractivity contribution in [2.24, 2.45) is 0 Å². The molecule has 132 valence electrons. The Hall–Kier alpha value is -3.40. The van der Waals surface area contributed by atoms with Crippen LogP contribution in [0.4, 0.5) is 0 Å². The number of nitrogens with zero attached hydrogens (tertiary/aromatic N) is 4. The van der Waals surface area contributed by atoms with E-state index in [0.29, 0.717) is 0 Å². The number of rotatable bonds is 5. The highest BCUT2D eigenvalue weighted by Gasteiger charge is 2.06. The molecule has 0 N–H and O–H groups in total. The van der Waals surface area contributed by atoms with Crippen molar-refractivity contribution in [2.45, 2.75) is 19.9 Å². The molecule has 4 aromatic rings. The van der Waals surface area contributed by atoms with Crippen LogP contribution < -0.4 is 4.57 Å². The zero-order valence-electron chi connectivity index (χ0n) is 15.3. The first-order valence-corrected chi connectivity index (χ1v) is 9.05. The molecule has 0 saturated carbocycles. The van der Waals surface area contributed by atoms with Crippen LogP contribution in [0.3, 0.4) is 0 Å². The van der Waals surface area contributed by atoms with Gasteiger partial charge >= 0.3 is 0 Å². The van der Waals surface area contributed by atoms with Crippen molar-refractivity contribution in [3.63, 3.8) is 0 Å². The Bertz CT molecular complexity index is 1030. The zero-order chi connectivity index (χ0) is 18.5. The first kappa shape index (κ1) is 17.0. The predicted molar refractivity (Wildman–Crippen MR) is 106 cm³/mol. The summed E-state index contributed by atoms with van der Waals surface area (Å²) in [6.45, 7) is 2.99. The van der Waals surface area contributed by atoms with Crippen LogP contribution in [0.15, 0.2) is 85.7 Å². The Kier molecular flexibility index (Phi) is 4.97. The highest BCUT2D eigenvalue weighted by Crippen LogP contribution is 2.17. The first-order chi connectivity index (χ1) is 13.3. The van der Waals surface area contributed by atoms with Gasteiger partial charge in [-0.1, -0.05) is 0 Å². The minimum atomic E-state index is 0.918. The molecule has 0 amide bonds. The number of aromatic nitrogens is 4. The van der Waals surface area contributed by atoms with Gasteiger partial charge in [0.2, 0.25) is 0 Å². The van der Waals surface area contributed by atoms with Gasteiger partial charge in [0, 0.05) is 43.3 Å². The van der Waals surface area contributed by atoms with Crippen molar-refractivity contribution in [1.29, 1.82) is 0 Å². The van der Waals surface area contributed by atoms with Crippen molar-refractivity contribution in [1.82, 2.24) is 15.0 Å². The van der Waals surface area contributed by atoms with Crippen molar-refractivity contribution in [3.8, 4) is 22.5 Å². The molecule has 0 spiro atoms. The van der Waals surface area contributed by atoms with Gasteiger partial charge in [0.1, 0.15) is 0 Å². The fraction of sp³-hybridized carbons (Fsp3) is 0.130. The summed E-state index contributed by atoms with van der Waals surface area (Å²) in [6.07, 6.45) is 12.5. The van der Waals surface area contributed by atoms with Gasteiger partial charge in [-0.05, 0) is 65.6 Å². The highest BCUT2D eigenvalue weighted by molar-refractivity contribution is 5.61. The fourth-order valence-electron chi connectivity index (χ4n) is 3.05. The predicted octanol–water partition coefficient (Wildman–Crippen LogP) is 4.04. The molecule has 0 aliphatic carbocycles. The lowest BCUT2D eigenvalue weighted by Gasteiger charge is -2.04. The first-order valence-electron chi connectivity index (χ1n) is 9.05. The Labute approximate surface area is 159 Å². The fourth-order valence-corrected chi connectivity index (χ4v) is 3.05. The van der Waals surface area contributed by atoms with Gasteiger partial charge in [-0.25, -0.2) is 4.57 Å². The summed E-state index contributed by atoms with van der Waals surface area (Å²) in [7, 11) is 0. The third-order valence-electron chi connectivity index (χ3n) is 4.57. The van der Waals surface area contributed by atoms with E-state index in [0.717, 1.165) is 24.4 Å². The monoisotopic (exact) mass is 353 g/mol. The largest absolute Gasteiger partial charge is 0.265 e. The van der Waals surface area contributed by atoms with Crippen LogP contribution in [0.1, 0.15) is 11.1 Å². The average molecular weight is 353 g/mol. The van der Waals surface area contributed by atoms with E-state index in [4.69, 9.17) is 0 Å². The molecule has 4 heteroatoms. The molecule has 0 aliphatic heterocycles. The Morgan fingerprint density at radius 3 is 2.15 bits per heavy atom. The molecule has 4 nitrogen and oxygen atoms in total. The molecule has 0 atom stereocenters.